The van der Waals surface area contributed by atoms with Crippen LogP contribution in [0.4, 0.5) is 0 Å². The normalized spacial score (nSPS) is 15.7. The van der Waals surface area contributed by atoms with Gasteiger partial charge in [0, 0.05) is 16.3 Å². The van der Waals surface area contributed by atoms with Crippen LogP contribution >= 0.6 is 11.8 Å². The summed E-state index contributed by atoms with van der Waals surface area (Å²) in [7, 11) is 0. The minimum atomic E-state index is -0.262. The van der Waals surface area contributed by atoms with E-state index in [1.54, 1.807) is 11.8 Å². The summed E-state index contributed by atoms with van der Waals surface area (Å²) < 4.78 is 0. The SMILES string of the molecule is CSc1ccc(C2C(C#N)=C(C)NC(C)=C2C#N)cc1. The number of nitrogens with zero attached hydrogens (tertiary/aromatic N) is 2. The molecule has 0 fully saturated rings. The maximum absolute atomic E-state index is 9.41. The van der Waals surface area contributed by atoms with Gasteiger partial charge in [-0.1, -0.05) is 12.1 Å². The van der Waals surface area contributed by atoms with Crippen molar-refractivity contribution >= 4 is 11.8 Å². The smallest absolute Gasteiger partial charge is 0.0975 e. The molecule has 1 aliphatic heterocycles. The highest BCUT2D eigenvalue weighted by Gasteiger charge is 2.29. The average Bonchev–Trinajstić information content (AvgIpc) is 2.46. The highest BCUT2D eigenvalue weighted by Crippen LogP contribution is 2.37. The van der Waals surface area contributed by atoms with Gasteiger partial charge in [0.2, 0.25) is 0 Å². The number of nitrogens with one attached hydrogen (secondary N) is 1. The van der Waals surface area contributed by atoms with E-state index in [-0.39, 0.29) is 5.92 Å². The van der Waals surface area contributed by atoms with Crippen molar-refractivity contribution in [3.05, 3.63) is 52.4 Å². The molecule has 20 heavy (non-hydrogen) atoms. The first-order chi connectivity index (χ1) is 9.62. The van der Waals surface area contributed by atoms with E-state index in [0.717, 1.165) is 17.0 Å². The summed E-state index contributed by atoms with van der Waals surface area (Å²) in [5.41, 5.74) is 3.86. The molecule has 0 aliphatic carbocycles. The van der Waals surface area contributed by atoms with E-state index in [9.17, 15) is 10.5 Å². The lowest BCUT2D eigenvalue weighted by Gasteiger charge is -2.26. The molecule has 0 amide bonds. The van der Waals surface area contributed by atoms with Gasteiger partial charge in [-0.3, -0.25) is 0 Å². The molecule has 0 unspecified atom stereocenters. The average molecular weight is 281 g/mol. The van der Waals surface area contributed by atoms with Crippen molar-refractivity contribution in [2.45, 2.75) is 24.7 Å². The lowest BCUT2D eigenvalue weighted by molar-refractivity contribution is 0.813. The summed E-state index contributed by atoms with van der Waals surface area (Å²) in [4.78, 5) is 1.17. The van der Waals surface area contributed by atoms with Crippen LogP contribution in [0.25, 0.3) is 0 Å². The van der Waals surface area contributed by atoms with Crippen LogP contribution in [0.15, 0.2) is 51.7 Å². The number of nitriles is 2. The van der Waals surface area contributed by atoms with Crippen molar-refractivity contribution < 1.29 is 0 Å². The highest BCUT2D eigenvalue weighted by atomic mass is 32.2. The lowest BCUT2D eigenvalue weighted by Crippen LogP contribution is -2.23. The monoisotopic (exact) mass is 281 g/mol. The molecule has 1 heterocycles. The molecule has 1 aromatic rings. The highest BCUT2D eigenvalue weighted by molar-refractivity contribution is 7.98. The molecule has 0 aromatic heterocycles. The Balaban J connectivity index is 2.56. The van der Waals surface area contributed by atoms with E-state index < -0.39 is 0 Å². The van der Waals surface area contributed by atoms with Crippen LogP contribution in [0.5, 0.6) is 0 Å². The maximum atomic E-state index is 9.41. The van der Waals surface area contributed by atoms with E-state index in [4.69, 9.17) is 0 Å². The fourth-order valence-corrected chi connectivity index (χ4v) is 2.83. The standard InChI is InChI=1S/C16H15N3S/c1-10-14(8-17)16(15(9-18)11(2)19-10)12-4-6-13(20-3)7-5-12/h4-7,16,19H,1-3H3. The van der Waals surface area contributed by atoms with Crippen molar-refractivity contribution in [1.82, 2.24) is 5.32 Å². The number of dihydropyridines is 1. The summed E-state index contributed by atoms with van der Waals surface area (Å²) in [6, 6.07) is 12.5. The van der Waals surface area contributed by atoms with E-state index in [2.05, 4.69) is 17.5 Å². The minimum absolute atomic E-state index is 0.262. The van der Waals surface area contributed by atoms with Crippen molar-refractivity contribution in [3.8, 4) is 12.1 Å². The number of hydrogen-bond acceptors (Lipinski definition) is 4. The molecule has 2 rings (SSSR count). The van der Waals surface area contributed by atoms with Gasteiger partial charge in [0.15, 0.2) is 0 Å². The topological polar surface area (TPSA) is 59.6 Å². The van der Waals surface area contributed by atoms with Gasteiger partial charge in [0.05, 0.1) is 29.2 Å². The van der Waals surface area contributed by atoms with Crippen molar-refractivity contribution in [1.29, 1.82) is 10.5 Å². The Labute approximate surface area is 123 Å². The van der Waals surface area contributed by atoms with Crippen molar-refractivity contribution in [3.63, 3.8) is 0 Å². The summed E-state index contributed by atoms with van der Waals surface area (Å²) in [6.45, 7) is 3.75. The summed E-state index contributed by atoms with van der Waals surface area (Å²) in [5.74, 6) is -0.262. The molecule has 1 aromatic carbocycles. The van der Waals surface area contributed by atoms with Crippen LogP contribution in [0.1, 0.15) is 25.3 Å². The second kappa shape index (κ2) is 5.86. The Hall–Kier alpha value is -2.17. The molecule has 0 spiro atoms. The van der Waals surface area contributed by atoms with Crippen LogP contribution in [0, 0.1) is 22.7 Å². The van der Waals surface area contributed by atoms with Gasteiger partial charge in [-0.05, 0) is 37.8 Å². The maximum Gasteiger partial charge on any atom is 0.0975 e. The molecule has 0 radical (unpaired) electrons. The van der Waals surface area contributed by atoms with Crippen LogP contribution < -0.4 is 5.32 Å². The first-order valence-corrected chi connectivity index (χ1v) is 7.47. The quantitative estimate of drug-likeness (QED) is 0.840. The van der Waals surface area contributed by atoms with Gasteiger partial charge in [0.1, 0.15) is 0 Å². The first kappa shape index (κ1) is 14.2. The Morgan fingerprint density at radius 2 is 1.50 bits per heavy atom. The minimum Gasteiger partial charge on any atom is -0.361 e. The van der Waals surface area contributed by atoms with E-state index in [1.165, 1.54) is 4.90 Å². The molecular weight excluding hydrogens is 266 g/mol. The summed E-state index contributed by atoms with van der Waals surface area (Å²) >= 11 is 1.67. The first-order valence-electron chi connectivity index (χ1n) is 6.25. The van der Waals surface area contributed by atoms with Crippen molar-refractivity contribution in [2.24, 2.45) is 0 Å². The van der Waals surface area contributed by atoms with Crippen LogP contribution in [0.2, 0.25) is 0 Å². The Kier molecular flexibility index (Phi) is 4.17. The number of benzene rings is 1. The Bertz CT molecular complexity index is 633. The molecule has 0 atom stereocenters. The molecule has 100 valence electrons. The van der Waals surface area contributed by atoms with Gasteiger partial charge in [-0.15, -0.1) is 11.8 Å². The predicted octanol–water partition coefficient (Wildman–Crippen LogP) is 3.69. The van der Waals surface area contributed by atoms with Crippen LogP contribution in [0.3, 0.4) is 0 Å². The van der Waals surface area contributed by atoms with Gasteiger partial charge < -0.3 is 5.32 Å². The lowest BCUT2D eigenvalue weighted by atomic mass is 9.82. The fraction of sp³-hybridized carbons (Fsp3) is 0.250. The van der Waals surface area contributed by atoms with Crippen LogP contribution in [-0.2, 0) is 0 Å². The number of thioether (sulfide) groups is 1. The van der Waals surface area contributed by atoms with Gasteiger partial charge >= 0.3 is 0 Å². The van der Waals surface area contributed by atoms with Crippen molar-refractivity contribution in [2.75, 3.05) is 6.26 Å². The summed E-state index contributed by atoms with van der Waals surface area (Å²) in [6.07, 6.45) is 2.02. The third-order valence-electron chi connectivity index (χ3n) is 3.45. The van der Waals surface area contributed by atoms with Gasteiger partial charge in [-0.2, -0.15) is 10.5 Å². The largest absolute Gasteiger partial charge is 0.361 e. The third-order valence-corrected chi connectivity index (χ3v) is 4.19. The fourth-order valence-electron chi connectivity index (χ4n) is 2.42. The van der Waals surface area contributed by atoms with E-state index >= 15 is 0 Å². The molecule has 0 saturated heterocycles. The zero-order valence-electron chi connectivity index (χ0n) is 11.7. The molecule has 1 aliphatic rings. The predicted molar refractivity (Wildman–Crippen MR) is 80.7 cm³/mol. The molecule has 3 nitrogen and oxygen atoms in total. The Morgan fingerprint density at radius 3 is 1.90 bits per heavy atom. The molecule has 0 saturated carbocycles. The zero-order chi connectivity index (χ0) is 14.7. The van der Waals surface area contributed by atoms with Gasteiger partial charge in [-0.25, -0.2) is 0 Å². The zero-order valence-corrected chi connectivity index (χ0v) is 12.5. The molecule has 0 bridgehead atoms. The number of hydrogen-bond donors (Lipinski definition) is 1. The van der Waals surface area contributed by atoms with Gasteiger partial charge in [0.25, 0.3) is 0 Å². The molecule has 1 N–H and O–H groups in total. The third kappa shape index (κ3) is 2.43. The van der Waals surface area contributed by atoms with Crippen LogP contribution in [-0.4, -0.2) is 6.26 Å². The number of allylic oxidation sites excluding steroid dienone is 4. The van der Waals surface area contributed by atoms with E-state index in [1.807, 2.05) is 44.4 Å². The molecular formula is C16H15N3S. The summed E-state index contributed by atoms with van der Waals surface area (Å²) in [5, 5.41) is 21.9. The Morgan fingerprint density at radius 1 is 1.00 bits per heavy atom. The second-order valence-electron chi connectivity index (χ2n) is 4.63. The molecule has 4 heteroatoms. The second-order valence-corrected chi connectivity index (χ2v) is 5.51. The van der Waals surface area contributed by atoms with E-state index in [0.29, 0.717) is 11.1 Å². The number of rotatable bonds is 2.